The van der Waals surface area contributed by atoms with Gasteiger partial charge in [0.05, 0.1) is 19.4 Å². The molecule has 0 aliphatic heterocycles. The van der Waals surface area contributed by atoms with Crippen LogP contribution in [-0.2, 0) is 29.1 Å². The molecule has 1 aromatic rings. The van der Waals surface area contributed by atoms with E-state index in [-0.39, 0.29) is 49.9 Å². The number of ether oxygens (including phenoxy) is 3. The minimum Gasteiger partial charge on any atom is -0.487 e. The number of carbonyl (C=O) groups is 2. The van der Waals surface area contributed by atoms with Crippen LogP contribution in [0.5, 0.6) is 5.75 Å². The summed E-state index contributed by atoms with van der Waals surface area (Å²) in [7, 11) is -2.23. The Kier molecular flexibility index (Phi) is 13.0. The molecular weight excluding hydrogens is 460 g/mol. The van der Waals surface area contributed by atoms with Crippen molar-refractivity contribution in [2.24, 2.45) is 0 Å². The number of sulfonamides is 1. The van der Waals surface area contributed by atoms with Crippen LogP contribution in [0.1, 0.15) is 45.4 Å². The maximum absolute atomic E-state index is 13.7. The average Bonchev–Trinajstić information content (AvgIpc) is 2.76. The predicted octanol–water partition coefficient (Wildman–Crippen LogP) is 2.71. The van der Waals surface area contributed by atoms with Crippen molar-refractivity contribution < 1.29 is 41.0 Å². The number of benzene rings is 1. The Labute approximate surface area is 193 Å². The van der Waals surface area contributed by atoms with Gasteiger partial charge in [0.1, 0.15) is 12.7 Å². The topological polar surface area (TPSA) is 108 Å². The summed E-state index contributed by atoms with van der Waals surface area (Å²) < 4.78 is 68.2. The zero-order valence-corrected chi connectivity index (χ0v) is 19.5. The summed E-state index contributed by atoms with van der Waals surface area (Å²) in [6.45, 7) is 0.973. The van der Waals surface area contributed by atoms with E-state index in [0.29, 0.717) is 19.3 Å². The maximum Gasteiger partial charge on any atom is 0.305 e. The first-order chi connectivity index (χ1) is 15.6. The highest BCUT2D eigenvalue weighted by Crippen LogP contribution is 2.20. The van der Waals surface area contributed by atoms with E-state index in [1.54, 1.807) is 0 Å². The normalized spacial score (nSPS) is 11.8. The number of methoxy groups -OCH3 is 1. The van der Waals surface area contributed by atoms with Gasteiger partial charge in [-0.1, -0.05) is 12.0 Å². The summed E-state index contributed by atoms with van der Waals surface area (Å²) >= 11 is 0. The van der Waals surface area contributed by atoms with Gasteiger partial charge in [-0.2, -0.15) is 4.39 Å². The summed E-state index contributed by atoms with van der Waals surface area (Å²) in [4.78, 5) is 22.2. The Morgan fingerprint density at radius 2 is 1.91 bits per heavy atom. The van der Waals surface area contributed by atoms with Crippen LogP contribution in [0.2, 0.25) is 0 Å². The molecule has 184 valence electrons. The van der Waals surface area contributed by atoms with E-state index >= 15 is 0 Å². The lowest BCUT2D eigenvalue weighted by Gasteiger charge is -2.18. The van der Waals surface area contributed by atoms with E-state index in [1.165, 1.54) is 26.2 Å². The molecule has 1 unspecified atom stereocenters. The molecule has 1 rings (SSSR count). The molecule has 11 heteroatoms. The smallest absolute Gasteiger partial charge is 0.305 e. The van der Waals surface area contributed by atoms with E-state index in [4.69, 9.17) is 9.47 Å². The summed E-state index contributed by atoms with van der Waals surface area (Å²) in [6, 6.07) is 3.50. The third-order valence-electron chi connectivity index (χ3n) is 4.28. The Morgan fingerprint density at radius 3 is 2.61 bits per heavy atom. The first-order valence-electron chi connectivity index (χ1n) is 10.4. The van der Waals surface area contributed by atoms with Crippen LogP contribution < -0.4 is 9.46 Å². The van der Waals surface area contributed by atoms with Crippen LogP contribution in [-0.4, -0.2) is 52.5 Å². The molecule has 33 heavy (non-hydrogen) atoms. The highest BCUT2D eigenvalue weighted by atomic mass is 32.2. The number of hydrogen-bond acceptors (Lipinski definition) is 7. The first kappa shape index (κ1) is 28.3. The van der Waals surface area contributed by atoms with Crippen LogP contribution in [0, 0.1) is 23.5 Å². The van der Waals surface area contributed by atoms with E-state index in [0.717, 1.165) is 6.07 Å². The quantitative estimate of drug-likeness (QED) is 0.243. The molecule has 0 aliphatic rings. The number of esters is 2. The van der Waals surface area contributed by atoms with Crippen LogP contribution in [0.4, 0.5) is 8.78 Å². The van der Waals surface area contributed by atoms with E-state index in [2.05, 4.69) is 21.3 Å². The second-order valence-corrected chi connectivity index (χ2v) is 8.94. The molecule has 0 aromatic heterocycles. The summed E-state index contributed by atoms with van der Waals surface area (Å²) in [5.74, 6) is 1.93. The monoisotopic (exact) mass is 489 g/mol. The van der Waals surface area contributed by atoms with Crippen molar-refractivity contribution in [2.75, 3.05) is 26.0 Å². The van der Waals surface area contributed by atoms with Gasteiger partial charge in [-0.3, -0.25) is 9.59 Å². The number of halogens is 2. The van der Waals surface area contributed by atoms with Gasteiger partial charge in [0.25, 0.3) is 0 Å². The molecule has 1 aromatic carbocycles. The van der Waals surface area contributed by atoms with Crippen LogP contribution >= 0.6 is 0 Å². The largest absolute Gasteiger partial charge is 0.487 e. The molecule has 0 amide bonds. The molecule has 0 bridgehead atoms. The summed E-state index contributed by atoms with van der Waals surface area (Å²) in [6.07, 6.45) is 1.47. The van der Waals surface area contributed by atoms with E-state index in [1.807, 2.05) is 0 Å². The van der Waals surface area contributed by atoms with Crippen molar-refractivity contribution >= 4 is 22.0 Å². The summed E-state index contributed by atoms with van der Waals surface area (Å²) in [5, 5.41) is 0. The third-order valence-corrected chi connectivity index (χ3v) is 5.69. The number of rotatable bonds is 14. The van der Waals surface area contributed by atoms with Gasteiger partial charge in [-0.25, -0.2) is 17.5 Å². The van der Waals surface area contributed by atoms with Gasteiger partial charge >= 0.3 is 11.9 Å². The highest BCUT2D eigenvalue weighted by molar-refractivity contribution is 7.89. The minimum absolute atomic E-state index is 0.0380. The second-order valence-electron chi connectivity index (χ2n) is 7.01. The predicted molar refractivity (Wildman–Crippen MR) is 117 cm³/mol. The molecular formula is C22H29F2NO7S. The highest BCUT2D eigenvalue weighted by Gasteiger charge is 2.17. The number of unbranched alkanes of at least 4 members (excludes halogenated alkanes) is 2. The Balaban J connectivity index is 2.36. The van der Waals surface area contributed by atoms with E-state index < -0.39 is 33.7 Å². The SMILES string of the molecule is COC(=O)CCCC#CCNS(=O)(=O)CCCCC(COc1cccc(F)c1F)OC(C)=O. The molecule has 0 heterocycles. The van der Waals surface area contributed by atoms with Crippen molar-refractivity contribution in [1.82, 2.24) is 4.72 Å². The molecule has 0 radical (unpaired) electrons. The Hall–Kier alpha value is -2.71. The zero-order chi connectivity index (χ0) is 24.7. The number of carbonyl (C=O) groups excluding carboxylic acids is 2. The fourth-order valence-corrected chi connectivity index (χ4v) is 3.67. The number of hydrogen-bond donors (Lipinski definition) is 1. The fraction of sp³-hybridized carbons (Fsp3) is 0.545. The maximum atomic E-state index is 13.7. The molecule has 0 saturated carbocycles. The third kappa shape index (κ3) is 12.8. The van der Waals surface area contributed by atoms with Crippen molar-refractivity contribution in [2.45, 2.75) is 51.6 Å². The van der Waals surface area contributed by atoms with Gasteiger partial charge in [0.15, 0.2) is 11.6 Å². The molecule has 0 saturated heterocycles. The Bertz CT molecular complexity index is 942. The average molecular weight is 490 g/mol. The van der Waals surface area contributed by atoms with Crippen molar-refractivity contribution in [3.63, 3.8) is 0 Å². The van der Waals surface area contributed by atoms with Gasteiger partial charge in [-0.05, 0) is 37.8 Å². The lowest BCUT2D eigenvalue weighted by molar-refractivity contribution is -0.148. The fourth-order valence-electron chi connectivity index (χ4n) is 2.65. The Morgan fingerprint density at radius 1 is 1.15 bits per heavy atom. The van der Waals surface area contributed by atoms with Crippen LogP contribution in [0.15, 0.2) is 18.2 Å². The standard InChI is InChI=1S/C22H29F2NO7S/c1-17(26)32-18(16-31-20-12-9-11-19(23)22(20)24)10-6-8-15-33(28,29)25-14-7-4-3-5-13-21(27)30-2/h9,11-12,18,25H,3,5-6,8,10,13-16H2,1-2H3. The van der Waals surface area contributed by atoms with Gasteiger partial charge in [0, 0.05) is 19.8 Å². The minimum atomic E-state index is -3.54. The van der Waals surface area contributed by atoms with Crippen molar-refractivity contribution in [3.05, 3.63) is 29.8 Å². The molecule has 1 N–H and O–H groups in total. The summed E-state index contributed by atoms with van der Waals surface area (Å²) in [5.41, 5.74) is 0. The molecule has 0 fully saturated rings. The van der Waals surface area contributed by atoms with Crippen LogP contribution in [0.25, 0.3) is 0 Å². The van der Waals surface area contributed by atoms with Crippen molar-refractivity contribution in [1.29, 1.82) is 0 Å². The molecule has 0 aliphatic carbocycles. The first-order valence-corrected chi connectivity index (χ1v) is 12.0. The molecule has 8 nitrogen and oxygen atoms in total. The lowest BCUT2D eigenvalue weighted by atomic mass is 10.2. The second kappa shape index (κ2) is 15.2. The molecule has 0 spiro atoms. The lowest BCUT2D eigenvalue weighted by Crippen LogP contribution is -2.27. The van der Waals surface area contributed by atoms with Crippen molar-refractivity contribution in [3.8, 4) is 17.6 Å². The van der Waals surface area contributed by atoms with Gasteiger partial charge in [-0.15, -0.1) is 5.92 Å². The molecule has 1 atom stereocenters. The van der Waals surface area contributed by atoms with Gasteiger partial charge < -0.3 is 14.2 Å². The number of nitrogens with one attached hydrogen (secondary N) is 1. The van der Waals surface area contributed by atoms with E-state index in [9.17, 15) is 26.8 Å². The van der Waals surface area contributed by atoms with Gasteiger partial charge in [0.2, 0.25) is 15.8 Å². The zero-order valence-electron chi connectivity index (χ0n) is 18.7. The van der Waals surface area contributed by atoms with Crippen LogP contribution in [0.3, 0.4) is 0 Å².